The van der Waals surface area contributed by atoms with E-state index < -0.39 is 0 Å². The monoisotopic (exact) mass is 312 g/mol. The van der Waals surface area contributed by atoms with Gasteiger partial charge in [-0.3, -0.25) is 0 Å². The minimum absolute atomic E-state index is 0.709. The van der Waals surface area contributed by atoms with Gasteiger partial charge in [-0.15, -0.1) is 0 Å². The van der Waals surface area contributed by atoms with Crippen molar-refractivity contribution in [3.05, 3.63) is 60.2 Å². The van der Waals surface area contributed by atoms with Crippen molar-refractivity contribution < 1.29 is 9.47 Å². The first-order valence-corrected chi connectivity index (χ1v) is 8.70. The van der Waals surface area contributed by atoms with Crippen molar-refractivity contribution in [3.63, 3.8) is 0 Å². The summed E-state index contributed by atoms with van der Waals surface area (Å²) in [6.45, 7) is 5.04. The van der Waals surface area contributed by atoms with E-state index in [4.69, 9.17) is 9.47 Å². The van der Waals surface area contributed by atoms with Crippen molar-refractivity contribution in [2.24, 2.45) is 0 Å². The topological polar surface area (TPSA) is 18.5 Å². The summed E-state index contributed by atoms with van der Waals surface area (Å²) in [6.07, 6.45) is 4.67. The normalized spacial score (nSPS) is 10.8. The first-order valence-electron chi connectivity index (χ1n) is 8.70. The van der Waals surface area contributed by atoms with Crippen LogP contribution in [-0.4, -0.2) is 26.4 Å². The first kappa shape index (κ1) is 17.7. The second kappa shape index (κ2) is 11.0. The van der Waals surface area contributed by atoms with Crippen LogP contribution in [0.1, 0.15) is 31.7 Å². The van der Waals surface area contributed by atoms with E-state index in [1.54, 1.807) is 0 Å². The van der Waals surface area contributed by atoms with Crippen LogP contribution in [0.25, 0.3) is 11.1 Å². The van der Waals surface area contributed by atoms with Crippen LogP contribution in [0.2, 0.25) is 0 Å². The largest absolute Gasteiger partial charge is 0.379 e. The smallest absolute Gasteiger partial charge is 0.0700 e. The van der Waals surface area contributed by atoms with Gasteiger partial charge in [-0.1, -0.05) is 61.0 Å². The molecule has 2 nitrogen and oxygen atoms in total. The summed E-state index contributed by atoms with van der Waals surface area (Å²) >= 11 is 0. The van der Waals surface area contributed by atoms with E-state index in [-0.39, 0.29) is 0 Å². The number of aryl methyl sites for hydroxylation is 1. The van der Waals surface area contributed by atoms with E-state index in [0.29, 0.717) is 13.2 Å². The van der Waals surface area contributed by atoms with Crippen molar-refractivity contribution in [1.29, 1.82) is 0 Å². The number of ether oxygens (including phenoxy) is 2. The van der Waals surface area contributed by atoms with Gasteiger partial charge >= 0.3 is 0 Å². The van der Waals surface area contributed by atoms with E-state index >= 15 is 0 Å². The molecule has 0 aromatic heterocycles. The maximum atomic E-state index is 5.56. The van der Waals surface area contributed by atoms with Gasteiger partial charge in [-0.25, -0.2) is 0 Å². The lowest BCUT2D eigenvalue weighted by Gasteiger charge is -2.10. The average Bonchev–Trinajstić information content (AvgIpc) is 2.61. The quantitative estimate of drug-likeness (QED) is 0.536. The standard InChI is InChI=1S/C21H28O2/c1-2-22-17-18-23-16-10-4-7-13-20-14-8-9-15-21(20)19-11-5-3-6-12-19/h3,5-6,8-9,11-12,14-15H,2,4,7,10,13,16-18H2,1H3. The van der Waals surface area contributed by atoms with Gasteiger partial charge in [0.2, 0.25) is 0 Å². The zero-order valence-electron chi connectivity index (χ0n) is 14.2. The summed E-state index contributed by atoms with van der Waals surface area (Å²) in [5, 5.41) is 0. The minimum atomic E-state index is 0.709. The van der Waals surface area contributed by atoms with Gasteiger partial charge in [0.15, 0.2) is 0 Å². The molecular weight excluding hydrogens is 284 g/mol. The van der Waals surface area contributed by atoms with Crippen LogP contribution in [0.15, 0.2) is 54.6 Å². The molecule has 0 heterocycles. The van der Waals surface area contributed by atoms with E-state index in [9.17, 15) is 0 Å². The summed E-state index contributed by atoms with van der Waals surface area (Å²) in [6, 6.07) is 19.4. The van der Waals surface area contributed by atoms with E-state index in [1.807, 2.05) is 6.92 Å². The third-order valence-corrected chi connectivity index (χ3v) is 3.91. The molecule has 0 spiro atoms. The molecule has 2 rings (SSSR count). The fourth-order valence-corrected chi connectivity index (χ4v) is 2.70. The Kier molecular flexibility index (Phi) is 8.46. The molecule has 0 radical (unpaired) electrons. The fraction of sp³-hybridized carbons (Fsp3) is 0.429. The van der Waals surface area contributed by atoms with Crippen molar-refractivity contribution in [2.45, 2.75) is 32.6 Å². The first-order chi connectivity index (χ1) is 11.4. The highest BCUT2D eigenvalue weighted by Gasteiger charge is 2.03. The van der Waals surface area contributed by atoms with E-state index in [1.165, 1.54) is 29.5 Å². The molecule has 124 valence electrons. The molecule has 0 unspecified atom stereocenters. The molecule has 2 aromatic carbocycles. The van der Waals surface area contributed by atoms with Crippen molar-refractivity contribution >= 4 is 0 Å². The molecule has 0 aliphatic carbocycles. The van der Waals surface area contributed by atoms with E-state index in [2.05, 4.69) is 54.6 Å². The molecule has 2 heteroatoms. The number of hydrogen-bond acceptors (Lipinski definition) is 2. The average molecular weight is 312 g/mol. The highest BCUT2D eigenvalue weighted by molar-refractivity contribution is 5.67. The minimum Gasteiger partial charge on any atom is -0.379 e. The molecule has 0 amide bonds. The second-order valence-electron chi connectivity index (χ2n) is 5.64. The molecule has 23 heavy (non-hydrogen) atoms. The predicted molar refractivity (Wildman–Crippen MR) is 96.7 cm³/mol. The summed E-state index contributed by atoms with van der Waals surface area (Å²) in [5.74, 6) is 0. The molecule has 0 saturated heterocycles. The molecule has 0 aliphatic rings. The maximum absolute atomic E-state index is 5.56. The van der Waals surface area contributed by atoms with Gasteiger partial charge in [0.25, 0.3) is 0 Å². The molecule has 0 N–H and O–H groups in total. The van der Waals surface area contributed by atoms with Gasteiger partial charge in [0.05, 0.1) is 13.2 Å². The van der Waals surface area contributed by atoms with Crippen LogP contribution in [0.3, 0.4) is 0 Å². The lowest BCUT2D eigenvalue weighted by molar-refractivity contribution is 0.0513. The highest BCUT2D eigenvalue weighted by atomic mass is 16.5. The zero-order chi connectivity index (χ0) is 16.2. The molecule has 0 saturated carbocycles. The Hall–Kier alpha value is -1.64. The van der Waals surface area contributed by atoms with Gasteiger partial charge in [0, 0.05) is 13.2 Å². The molecule has 0 aliphatic heterocycles. The molecule has 0 atom stereocenters. The molecule has 0 bridgehead atoms. The van der Waals surface area contributed by atoms with Gasteiger partial charge < -0.3 is 9.47 Å². The lowest BCUT2D eigenvalue weighted by Crippen LogP contribution is -2.04. The van der Waals surface area contributed by atoms with Crippen LogP contribution in [0.5, 0.6) is 0 Å². The van der Waals surface area contributed by atoms with Crippen LogP contribution in [0, 0.1) is 0 Å². The SMILES string of the molecule is CCOCCOCCCCCc1ccccc1-c1ccccc1. The van der Waals surface area contributed by atoms with Gasteiger partial charge in [-0.2, -0.15) is 0 Å². The van der Waals surface area contributed by atoms with Gasteiger partial charge in [-0.05, 0) is 42.9 Å². The predicted octanol–water partition coefficient (Wildman–Crippen LogP) is 5.12. The highest BCUT2D eigenvalue weighted by Crippen LogP contribution is 2.24. The number of rotatable bonds is 11. The van der Waals surface area contributed by atoms with Crippen molar-refractivity contribution in [1.82, 2.24) is 0 Å². The fourth-order valence-electron chi connectivity index (χ4n) is 2.70. The Morgan fingerprint density at radius 3 is 2.26 bits per heavy atom. The molecule has 0 fully saturated rings. The number of benzene rings is 2. The number of unbranched alkanes of at least 4 members (excludes halogenated alkanes) is 2. The molecular formula is C21H28O2. The Bertz CT molecular complexity index is 537. The number of hydrogen-bond donors (Lipinski definition) is 0. The van der Waals surface area contributed by atoms with Gasteiger partial charge in [0.1, 0.15) is 0 Å². The van der Waals surface area contributed by atoms with Crippen LogP contribution in [0.4, 0.5) is 0 Å². The van der Waals surface area contributed by atoms with Crippen LogP contribution < -0.4 is 0 Å². The van der Waals surface area contributed by atoms with Crippen molar-refractivity contribution in [3.8, 4) is 11.1 Å². The Balaban J connectivity index is 1.70. The summed E-state index contributed by atoms with van der Waals surface area (Å²) in [7, 11) is 0. The second-order valence-corrected chi connectivity index (χ2v) is 5.64. The van der Waals surface area contributed by atoms with Crippen LogP contribution >= 0.6 is 0 Å². The third kappa shape index (κ3) is 6.55. The Morgan fingerprint density at radius 2 is 1.43 bits per heavy atom. The van der Waals surface area contributed by atoms with E-state index in [0.717, 1.165) is 26.1 Å². The Labute approximate surface area is 140 Å². The maximum Gasteiger partial charge on any atom is 0.0700 e. The molecule has 2 aromatic rings. The Morgan fingerprint density at radius 1 is 0.696 bits per heavy atom. The third-order valence-electron chi connectivity index (χ3n) is 3.91. The van der Waals surface area contributed by atoms with Crippen molar-refractivity contribution in [2.75, 3.05) is 26.4 Å². The lowest BCUT2D eigenvalue weighted by atomic mass is 9.96. The summed E-state index contributed by atoms with van der Waals surface area (Å²) in [4.78, 5) is 0. The van der Waals surface area contributed by atoms with Crippen LogP contribution in [-0.2, 0) is 15.9 Å². The zero-order valence-corrected chi connectivity index (χ0v) is 14.2. The summed E-state index contributed by atoms with van der Waals surface area (Å²) < 4.78 is 10.8. The summed E-state index contributed by atoms with van der Waals surface area (Å²) in [5.41, 5.74) is 4.11.